The molecule has 0 radical (unpaired) electrons. The summed E-state index contributed by atoms with van der Waals surface area (Å²) in [6, 6.07) is 6.99. The highest BCUT2D eigenvalue weighted by Crippen LogP contribution is 2.22. The minimum atomic E-state index is -1.25. The molecule has 242 valence electrons. The lowest BCUT2D eigenvalue weighted by Gasteiger charge is -2.21. The van der Waals surface area contributed by atoms with E-state index in [2.05, 4.69) is 15.3 Å². The van der Waals surface area contributed by atoms with Gasteiger partial charge >= 0.3 is 6.09 Å². The van der Waals surface area contributed by atoms with Crippen molar-refractivity contribution in [3.8, 4) is 0 Å². The predicted molar refractivity (Wildman–Crippen MR) is 163 cm³/mol. The number of hydrogen-bond donors (Lipinski definition) is 2. The van der Waals surface area contributed by atoms with Crippen molar-refractivity contribution in [1.29, 1.82) is 0 Å². The van der Waals surface area contributed by atoms with Crippen LogP contribution in [0.5, 0.6) is 0 Å². The van der Waals surface area contributed by atoms with E-state index in [-0.39, 0.29) is 61.0 Å². The fraction of sp³-hybridized carbons (Fsp3) is 0.290. The molecule has 0 aliphatic carbocycles. The summed E-state index contributed by atoms with van der Waals surface area (Å²) >= 11 is 0. The van der Waals surface area contributed by atoms with E-state index < -0.39 is 40.9 Å². The van der Waals surface area contributed by atoms with Crippen molar-refractivity contribution in [1.82, 2.24) is 28.9 Å². The molecule has 1 atom stereocenters. The number of imidazole rings is 1. The van der Waals surface area contributed by atoms with Crippen molar-refractivity contribution in [3.05, 3.63) is 100 Å². The van der Waals surface area contributed by atoms with E-state index in [0.29, 0.717) is 5.52 Å². The Bertz CT molecular complexity index is 1850. The van der Waals surface area contributed by atoms with E-state index in [9.17, 15) is 37.5 Å². The van der Waals surface area contributed by atoms with Crippen LogP contribution in [0.2, 0.25) is 0 Å². The monoisotopic (exact) mass is 639 g/mol. The summed E-state index contributed by atoms with van der Waals surface area (Å²) in [5, 5.41) is 11.9. The lowest BCUT2D eigenvalue weighted by atomic mass is 10.0. The van der Waals surface area contributed by atoms with Crippen LogP contribution in [0.1, 0.15) is 24.2 Å². The SMILES string of the molecule is CN(C)C(=O)/C=C/CC[C@@H](CN(C)C(=O)O)C(=O)Nc1cncn(Cc2nc3cc(F)ccc3n2Cc2ccc(F)cc2F)c1=O. The lowest BCUT2D eigenvalue weighted by molar-refractivity contribution is -0.123. The molecule has 4 rings (SSSR count). The number of rotatable bonds is 12. The van der Waals surface area contributed by atoms with Gasteiger partial charge in [-0.3, -0.25) is 19.0 Å². The molecule has 2 heterocycles. The average Bonchev–Trinajstić information content (AvgIpc) is 3.32. The third-order valence-corrected chi connectivity index (χ3v) is 7.18. The van der Waals surface area contributed by atoms with Crippen molar-refractivity contribution in [2.75, 3.05) is 33.0 Å². The quantitative estimate of drug-likeness (QED) is 0.225. The first-order chi connectivity index (χ1) is 21.8. The van der Waals surface area contributed by atoms with Crippen LogP contribution in [0.25, 0.3) is 11.0 Å². The van der Waals surface area contributed by atoms with Gasteiger partial charge in [-0.15, -0.1) is 0 Å². The van der Waals surface area contributed by atoms with Gasteiger partial charge in [-0.05, 0) is 37.1 Å². The Kier molecular flexibility index (Phi) is 10.6. The largest absolute Gasteiger partial charge is 0.465 e. The molecule has 0 bridgehead atoms. The molecule has 46 heavy (non-hydrogen) atoms. The van der Waals surface area contributed by atoms with Gasteiger partial charge in [0.25, 0.3) is 5.56 Å². The number of anilines is 1. The van der Waals surface area contributed by atoms with Crippen LogP contribution in [0.15, 0.2) is 65.9 Å². The van der Waals surface area contributed by atoms with Crippen molar-refractivity contribution in [3.63, 3.8) is 0 Å². The fourth-order valence-electron chi connectivity index (χ4n) is 4.65. The molecule has 2 aromatic heterocycles. The summed E-state index contributed by atoms with van der Waals surface area (Å²) in [4.78, 5) is 60.8. The molecule has 3 amide bonds. The molecule has 0 spiro atoms. The van der Waals surface area contributed by atoms with Crippen molar-refractivity contribution in [2.45, 2.75) is 25.9 Å². The Morgan fingerprint density at radius 3 is 2.46 bits per heavy atom. The number of benzene rings is 2. The van der Waals surface area contributed by atoms with E-state index >= 15 is 0 Å². The van der Waals surface area contributed by atoms with Crippen LogP contribution in [0, 0.1) is 23.4 Å². The van der Waals surface area contributed by atoms with Crippen LogP contribution >= 0.6 is 0 Å². The molecule has 0 aliphatic heterocycles. The number of halogens is 3. The molecular formula is C31H32F3N7O5. The zero-order valence-corrected chi connectivity index (χ0v) is 25.3. The highest BCUT2D eigenvalue weighted by atomic mass is 19.1. The third-order valence-electron chi connectivity index (χ3n) is 7.18. The van der Waals surface area contributed by atoms with Gasteiger partial charge < -0.3 is 24.8 Å². The van der Waals surface area contributed by atoms with Gasteiger partial charge in [0, 0.05) is 45.4 Å². The first-order valence-corrected chi connectivity index (χ1v) is 14.1. The number of aromatic nitrogens is 4. The molecule has 0 fully saturated rings. The number of hydrogen-bond acceptors (Lipinski definition) is 6. The molecule has 0 aliphatic rings. The van der Waals surface area contributed by atoms with Crippen molar-refractivity contribution >= 4 is 34.6 Å². The summed E-state index contributed by atoms with van der Waals surface area (Å²) in [6.45, 7) is -0.480. The maximum Gasteiger partial charge on any atom is 0.407 e. The Morgan fingerprint density at radius 1 is 1.04 bits per heavy atom. The minimum absolute atomic E-state index is 0.102. The van der Waals surface area contributed by atoms with E-state index in [0.717, 1.165) is 27.8 Å². The Labute approximate surface area is 261 Å². The van der Waals surface area contributed by atoms with Crippen LogP contribution in [-0.2, 0) is 22.7 Å². The number of carbonyl (C=O) groups is 3. The molecule has 2 N–H and O–H groups in total. The maximum absolute atomic E-state index is 14.6. The first-order valence-electron chi connectivity index (χ1n) is 14.1. The van der Waals surface area contributed by atoms with E-state index in [1.165, 1.54) is 48.6 Å². The van der Waals surface area contributed by atoms with Gasteiger partial charge in [0.1, 0.15) is 29.0 Å². The van der Waals surface area contributed by atoms with Gasteiger partial charge in [-0.2, -0.15) is 0 Å². The van der Waals surface area contributed by atoms with E-state index in [1.54, 1.807) is 24.7 Å². The standard InChI is InChI=1S/C31H32F3N7O5/c1-38(2)28(42)7-5-4-6-20(15-39(3)31(45)46)29(43)37-25-14-35-18-40(30(25)44)17-27-36-24-13-22(33)10-11-26(24)41(27)16-19-8-9-21(32)12-23(19)34/h5,7-14,18,20H,4,6,15-17H2,1-3H3,(H,37,43)(H,45,46)/b7-5+/t20-/m0/s1. The number of nitrogens with zero attached hydrogens (tertiary/aromatic N) is 6. The predicted octanol–water partition coefficient (Wildman–Crippen LogP) is 3.70. The second-order valence-electron chi connectivity index (χ2n) is 10.8. The van der Waals surface area contributed by atoms with Crippen LogP contribution in [0.3, 0.4) is 0 Å². The molecule has 0 saturated heterocycles. The zero-order valence-electron chi connectivity index (χ0n) is 25.3. The Balaban J connectivity index is 1.60. The summed E-state index contributed by atoms with van der Waals surface area (Å²) in [6.07, 6.45) is 4.50. The Morgan fingerprint density at radius 2 is 1.76 bits per heavy atom. The molecular weight excluding hydrogens is 607 g/mol. The minimum Gasteiger partial charge on any atom is -0.465 e. The number of nitrogens with one attached hydrogen (secondary N) is 1. The van der Waals surface area contributed by atoms with Crippen LogP contribution in [-0.4, -0.2) is 79.6 Å². The summed E-state index contributed by atoms with van der Waals surface area (Å²) in [5.41, 5.74) is -0.0296. The Hall–Kier alpha value is -5.47. The average molecular weight is 640 g/mol. The summed E-state index contributed by atoms with van der Waals surface area (Å²) in [5.74, 6) is -3.62. The number of allylic oxidation sites excluding steroid dienone is 1. The molecule has 0 unspecified atom stereocenters. The number of amides is 3. The van der Waals surface area contributed by atoms with E-state index in [4.69, 9.17) is 0 Å². The molecule has 0 saturated carbocycles. The van der Waals surface area contributed by atoms with E-state index in [1.807, 2.05) is 0 Å². The highest BCUT2D eigenvalue weighted by molar-refractivity contribution is 5.92. The maximum atomic E-state index is 14.6. The number of fused-ring (bicyclic) bond motifs is 1. The third kappa shape index (κ3) is 8.16. The topological polar surface area (TPSA) is 143 Å². The molecule has 15 heteroatoms. The second-order valence-corrected chi connectivity index (χ2v) is 10.8. The van der Waals surface area contributed by atoms with Gasteiger partial charge in [-0.1, -0.05) is 12.1 Å². The molecule has 2 aromatic carbocycles. The molecule has 4 aromatic rings. The van der Waals surface area contributed by atoms with Crippen LogP contribution in [0.4, 0.5) is 23.7 Å². The normalized spacial score (nSPS) is 12.0. The number of likely N-dealkylation sites (N-methyl/N-ethyl adjacent to an activating group) is 1. The molecule has 12 nitrogen and oxygen atoms in total. The lowest BCUT2D eigenvalue weighted by Crippen LogP contribution is -2.37. The van der Waals surface area contributed by atoms with Crippen LogP contribution < -0.4 is 10.9 Å². The smallest absolute Gasteiger partial charge is 0.407 e. The second kappa shape index (κ2) is 14.5. The van der Waals surface area contributed by atoms with Gasteiger partial charge in [0.2, 0.25) is 11.8 Å². The zero-order chi connectivity index (χ0) is 33.5. The summed E-state index contributed by atoms with van der Waals surface area (Å²) in [7, 11) is 4.49. The first kappa shape index (κ1) is 33.4. The van der Waals surface area contributed by atoms with Gasteiger partial charge in [0.05, 0.1) is 42.6 Å². The summed E-state index contributed by atoms with van der Waals surface area (Å²) < 4.78 is 44.8. The highest BCUT2D eigenvalue weighted by Gasteiger charge is 2.24. The van der Waals surface area contributed by atoms with Gasteiger partial charge in [-0.25, -0.2) is 27.9 Å². The van der Waals surface area contributed by atoms with Gasteiger partial charge in [0.15, 0.2) is 0 Å². The number of carbonyl (C=O) groups excluding carboxylic acids is 2. The van der Waals surface area contributed by atoms with Crippen molar-refractivity contribution < 1.29 is 32.7 Å². The fourth-order valence-corrected chi connectivity index (χ4v) is 4.65. The number of carboxylic acid groups (broad SMARTS) is 1. The van der Waals surface area contributed by atoms with Crippen molar-refractivity contribution in [2.24, 2.45) is 5.92 Å².